The molecule has 0 saturated heterocycles. The second-order valence-corrected chi connectivity index (χ2v) is 4.25. The fraction of sp³-hybridized carbons (Fsp3) is 0.909. The van der Waals surface area contributed by atoms with Crippen LogP contribution >= 0.6 is 0 Å². The molecular formula is C11H20N2O7. The lowest BCUT2D eigenvalue weighted by atomic mass is 10.2. The molecule has 0 aromatic rings. The Kier molecular flexibility index (Phi) is 8.97. The molecule has 20 heavy (non-hydrogen) atoms. The standard InChI is InChI=1S/C11H20N2O7/c1-3-5-7-9(12(15)16)19-11(14)20-10(13(17)18)8-6-4-2/h9-10H,3-8H2,1-2H3. The molecule has 0 saturated carbocycles. The van der Waals surface area contributed by atoms with Gasteiger partial charge in [0.25, 0.3) is 0 Å². The molecular weight excluding hydrogens is 272 g/mol. The van der Waals surface area contributed by atoms with E-state index in [1.54, 1.807) is 0 Å². The summed E-state index contributed by atoms with van der Waals surface area (Å²) in [6.45, 7) is 3.67. The lowest BCUT2D eigenvalue weighted by molar-refractivity contribution is -0.581. The lowest BCUT2D eigenvalue weighted by Gasteiger charge is -2.12. The maximum absolute atomic E-state index is 11.3. The molecule has 116 valence electrons. The molecule has 0 amide bonds. The Hall–Kier alpha value is -1.93. The number of carbonyl (C=O) groups excluding carboxylic acids is 1. The number of unbranched alkanes of at least 4 members (excludes halogenated alkanes) is 2. The lowest BCUT2D eigenvalue weighted by Crippen LogP contribution is -2.32. The van der Waals surface area contributed by atoms with Gasteiger partial charge in [0, 0.05) is 0 Å². The molecule has 0 aromatic heterocycles. The van der Waals surface area contributed by atoms with Crippen LogP contribution in [0.5, 0.6) is 0 Å². The van der Waals surface area contributed by atoms with E-state index >= 15 is 0 Å². The predicted octanol–water partition coefficient (Wildman–Crippen LogP) is 2.73. The van der Waals surface area contributed by atoms with Gasteiger partial charge in [0.2, 0.25) is 0 Å². The van der Waals surface area contributed by atoms with Gasteiger partial charge in [-0.2, -0.15) is 0 Å². The van der Waals surface area contributed by atoms with Crippen molar-refractivity contribution in [1.29, 1.82) is 0 Å². The molecule has 0 aliphatic heterocycles. The maximum Gasteiger partial charge on any atom is 0.518 e. The quantitative estimate of drug-likeness (QED) is 0.262. The van der Waals surface area contributed by atoms with Crippen molar-refractivity contribution in [3.05, 3.63) is 20.2 Å². The zero-order valence-corrected chi connectivity index (χ0v) is 11.6. The van der Waals surface area contributed by atoms with Gasteiger partial charge >= 0.3 is 18.6 Å². The zero-order valence-electron chi connectivity index (χ0n) is 11.6. The first-order chi connectivity index (χ1) is 9.42. The first kappa shape index (κ1) is 18.1. The van der Waals surface area contributed by atoms with Crippen LogP contribution in [0.2, 0.25) is 0 Å². The van der Waals surface area contributed by atoms with Crippen LogP contribution in [-0.2, 0) is 9.47 Å². The number of hydrogen-bond acceptors (Lipinski definition) is 7. The number of hydrogen-bond donors (Lipinski definition) is 0. The minimum absolute atomic E-state index is 0.0523. The highest BCUT2D eigenvalue weighted by atomic mass is 16.8. The summed E-state index contributed by atoms with van der Waals surface area (Å²) in [7, 11) is 0. The average Bonchev–Trinajstić information content (AvgIpc) is 2.38. The molecule has 0 aliphatic rings. The van der Waals surface area contributed by atoms with Crippen LogP contribution in [0.4, 0.5) is 4.79 Å². The van der Waals surface area contributed by atoms with Gasteiger partial charge in [-0.3, -0.25) is 20.2 Å². The molecule has 0 rings (SSSR count). The molecule has 0 radical (unpaired) electrons. The summed E-state index contributed by atoms with van der Waals surface area (Å²) < 4.78 is 9.02. The van der Waals surface area contributed by atoms with Crippen molar-refractivity contribution in [3.63, 3.8) is 0 Å². The van der Waals surface area contributed by atoms with Gasteiger partial charge in [-0.25, -0.2) is 4.79 Å². The van der Waals surface area contributed by atoms with Crippen LogP contribution in [0.15, 0.2) is 0 Å². The molecule has 0 bridgehead atoms. The van der Waals surface area contributed by atoms with Gasteiger partial charge in [0.15, 0.2) is 0 Å². The Balaban J connectivity index is 4.40. The Morgan fingerprint density at radius 3 is 1.55 bits per heavy atom. The molecule has 0 fully saturated rings. The van der Waals surface area contributed by atoms with Crippen molar-refractivity contribution >= 4 is 6.16 Å². The van der Waals surface area contributed by atoms with E-state index in [2.05, 4.69) is 9.47 Å². The minimum atomic E-state index is -1.53. The van der Waals surface area contributed by atoms with Crippen LogP contribution in [0.3, 0.4) is 0 Å². The maximum atomic E-state index is 11.3. The summed E-state index contributed by atoms with van der Waals surface area (Å²) in [6, 6.07) is 0. The first-order valence-corrected chi connectivity index (χ1v) is 6.56. The van der Waals surface area contributed by atoms with E-state index in [0.29, 0.717) is 25.7 Å². The predicted molar refractivity (Wildman–Crippen MR) is 68.2 cm³/mol. The van der Waals surface area contributed by atoms with Crippen LogP contribution < -0.4 is 0 Å². The number of nitrogens with zero attached hydrogens (tertiary/aromatic N) is 2. The number of carbonyl (C=O) groups is 1. The van der Waals surface area contributed by atoms with Crippen molar-refractivity contribution in [2.24, 2.45) is 0 Å². The highest BCUT2D eigenvalue weighted by Gasteiger charge is 2.30. The normalized spacial score (nSPS) is 13.3. The molecule has 0 aromatic carbocycles. The fourth-order valence-corrected chi connectivity index (χ4v) is 1.42. The van der Waals surface area contributed by atoms with Crippen LogP contribution in [0, 0.1) is 20.2 Å². The average molecular weight is 292 g/mol. The largest absolute Gasteiger partial charge is 0.518 e. The molecule has 2 atom stereocenters. The third-order valence-corrected chi connectivity index (χ3v) is 2.54. The van der Waals surface area contributed by atoms with Gasteiger partial charge in [-0.05, 0) is 12.8 Å². The van der Waals surface area contributed by atoms with E-state index in [0.717, 1.165) is 0 Å². The molecule has 0 N–H and O–H groups in total. The van der Waals surface area contributed by atoms with E-state index in [1.165, 1.54) is 0 Å². The SMILES string of the molecule is CCCCC(OC(=O)OC(CCCC)[N+](=O)[O-])[N+](=O)[O-]. The second kappa shape index (κ2) is 9.93. The van der Waals surface area contributed by atoms with Gasteiger partial charge < -0.3 is 9.47 Å². The van der Waals surface area contributed by atoms with Crippen LogP contribution in [0.1, 0.15) is 52.4 Å². The smallest absolute Gasteiger partial charge is 0.366 e. The van der Waals surface area contributed by atoms with Gasteiger partial charge in [0.1, 0.15) is 0 Å². The highest BCUT2D eigenvalue weighted by Crippen LogP contribution is 2.11. The highest BCUT2D eigenvalue weighted by molar-refractivity contribution is 5.60. The van der Waals surface area contributed by atoms with E-state index in [-0.39, 0.29) is 12.8 Å². The Bertz CT molecular complexity index is 305. The number of rotatable bonds is 10. The summed E-state index contributed by atoms with van der Waals surface area (Å²) in [6.07, 6.45) is -1.90. The molecule has 9 nitrogen and oxygen atoms in total. The van der Waals surface area contributed by atoms with Gasteiger partial charge in [0.05, 0.1) is 22.7 Å². The Morgan fingerprint density at radius 2 is 1.30 bits per heavy atom. The summed E-state index contributed by atoms with van der Waals surface area (Å²) in [5.74, 6) is 0. The Labute approximate surface area is 116 Å². The van der Waals surface area contributed by atoms with Crippen LogP contribution in [0.25, 0.3) is 0 Å². The van der Waals surface area contributed by atoms with Crippen molar-refractivity contribution in [3.8, 4) is 0 Å². The summed E-state index contributed by atoms with van der Waals surface area (Å²) in [4.78, 5) is 31.2. The van der Waals surface area contributed by atoms with E-state index < -0.39 is 28.5 Å². The topological polar surface area (TPSA) is 122 Å². The van der Waals surface area contributed by atoms with E-state index in [4.69, 9.17) is 0 Å². The summed E-state index contributed by atoms with van der Waals surface area (Å²) in [5.41, 5.74) is 0. The molecule has 0 heterocycles. The zero-order chi connectivity index (χ0) is 15.5. The van der Waals surface area contributed by atoms with Crippen LogP contribution in [-0.4, -0.2) is 28.5 Å². The molecule has 9 heteroatoms. The molecule has 0 spiro atoms. The van der Waals surface area contributed by atoms with Crippen molar-refractivity contribution in [1.82, 2.24) is 0 Å². The van der Waals surface area contributed by atoms with Crippen molar-refractivity contribution in [2.75, 3.05) is 0 Å². The summed E-state index contributed by atoms with van der Waals surface area (Å²) in [5, 5.41) is 21.3. The number of ether oxygens (including phenoxy) is 2. The fourth-order valence-electron chi connectivity index (χ4n) is 1.42. The first-order valence-electron chi connectivity index (χ1n) is 6.56. The third-order valence-electron chi connectivity index (χ3n) is 2.54. The van der Waals surface area contributed by atoms with E-state index in [9.17, 15) is 25.0 Å². The number of nitro groups is 2. The third kappa shape index (κ3) is 7.49. The minimum Gasteiger partial charge on any atom is -0.366 e. The van der Waals surface area contributed by atoms with Gasteiger partial charge in [-0.15, -0.1) is 0 Å². The van der Waals surface area contributed by atoms with Crippen molar-refractivity contribution in [2.45, 2.75) is 64.8 Å². The van der Waals surface area contributed by atoms with Gasteiger partial charge in [-0.1, -0.05) is 26.7 Å². The molecule has 0 aliphatic carbocycles. The monoisotopic (exact) mass is 292 g/mol. The van der Waals surface area contributed by atoms with Crippen molar-refractivity contribution < 1.29 is 24.1 Å². The second-order valence-electron chi connectivity index (χ2n) is 4.25. The van der Waals surface area contributed by atoms with E-state index in [1.807, 2.05) is 13.8 Å². The molecule has 2 unspecified atom stereocenters. The summed E-state index contributed by atoms with van der Waals surface area (Å²) >= 11 is 0. The Morgan fingerprint density at radius 1 is 0.950 bits per heavy atom.